The summed E-state index contributed by atoms with van der Waals surface area (Å²) in [6.07, 6.45) is 1.64. The molecule has 1 rings (SSSR count). The van der Waals surface area contributed by atoms with Crippen LogP contribution >= 0.6 is 11.3 Å². The zero-order valence-corrected chi connectivity index (χ0v) is 13.2. The highest BCUT2D eigenvalue weighted by atomic mass is 32.2. The van der Waals surface area contributed by atoms with E-state index in [0.29, 0.717) is 4.88 Å². The van der Waals surface area contributed by atoms with E-state index in [-0.39, 0.29) is 16.3 Å². The summed E-state index contributed by atoms with van der Waals surface area (Å²) in [5.41, 5.74) is -0.261. The second kappa shape index (κ2) is 6.02. The molecule has 0 spiro atoms. The van der Waals surface area contributed by atoms with Gasteiger partial charge in [0.2, 0.25) is 10.0 Å². The van der Waals surface area contributed by atoms with Crippen LogP contribution in [-0.2, 0) is 10.0 Å². The minimum Gasteiger partial charge on any atom is -0.346 e. The Hall–Kier alpha value is -0.920. The van der Waals surface area contributed by atoms with Gasteiger partial charge in [-0.1, -0.05) is 13.8 Å². The average molecular weight is 304 g/mol. The summed E-state index contributed by atoms with van der Waals surface area (Å²) in [5.74, 6) is -0.228. The number of carbonyl (C=O) groups is 1. The van der Waals surface area contributed by atoms with Gasteiger partial charge in [0, 0.05) is 10.9 Å². The third-order valence-electron chi connectivity index (χ3n) is 3.35. The van der Waals surface area contributed by atoms with Crippen molar-refractivity contribution in [2.75, 3.05) is 7.05 Å². The van der Waals surface area contributed by atoms with E-state index in [1.807, 2.05) is 20.8 Å². The third kappa shape index (κ3) is 3.77. The number of thiophene rings is 1. The molecule has 2 N–H and O–H groups in total. The van der Waals surface area contributed by atoms with Crippen LogP contribution in [0.3, 0.4) is 0 Å². The van der Waals surface area contributed by atoms with Gasteiger partial charge in [0.05, 0.1) is 9.77 Å². The number of sulfonamides is 1. The van der Waals surface area contributed by atoms with Gasteiger partial charge in [0.1, 0.15) is 0 Å². The Balaban J connectivity index is 2.92. The molecule has 1 amide bonds. The first-order valence-electron chi connectivity index (χ1n) is 6.12. The van der Waals surface area contributed by atoms with Gasteiger partial charge in [0.15, 0.2) is 0 Å². The monoisotopic (exact) mass is 304 g/mol. The fraction of sp³-hybridized carbons (Fsp3) is 0.583. The molecule has 108 valence electrons. The molecule has 1 aromatic heterocycles. The van der Waals surface area contributed by atoms with Crippen molar-refractivity contribution in [2.45, 2.75) is 44.0 Å². The lowest BCUT2D eigenvalue weighted by Gasteiger charge is -2.27. The molecule has 0 fully saturated rings. The Kier molecular flexibility index (Phi) is 5.11. The van der Waals surface area contributed by atoms with Crippen molar-refractivity contribution in [1.29, 1.82) is 0 Å². The highest BCUT2D eigenvalue weighted by molar-refractivity contribution is 7.89. The highest BCUT2D eigenvalue weighted by Gasteiger charge is 2.24. The van der Waals surface area contributed by atoms with E-state index in [2.05, 4.69) is 10.0 Å². The second-order valence-corrected chi connectivity index (χ2v) is 7.37. The van der Waals surface area contributed by atoms with Gasteiger partial charge >= 0.3 is 0 Å². The van der Waals surface area contributed by atoms with Gasteiger partial charge < -0.3 is 5.32 Å². The number of amides is 1. The maximum Gasteiger partial charge on any atom is 0.261 e. The standard InChI is InChI=1S/C12H20N2O3S2/c1-5-12(3,6-2)14-11(15)10-7-9(8-18-10)19(16,17)13-4/h7-8,13H,5-6H2,1-4H3,(H,14,15). The molecule has 19 heavy (non-hydrogen) atoms. The number of carbonyl (C=O) groups excluding carboxylic acids is 1. The lowest BCUT2D eigenvalue weighted by Crippen LogP contribution is -2.44. The maximum absolute atomic E-state index is 12.1. The lowest BCUT2D eigenvalue weighted by molar-refractivity contribution is 0.0905. The molecule has 0 aliphatic rings. The van der Waals surface area contributed by atoms with Crippen LogP contribution in [0, 0.1) is 0 Å². The summed E-state index contributed by atoms with van der Waals surface area (Å²) in [7, 11) is -2.14. The molecule has 0 atom stereocenters. The van der Waals surface area contributed by atoms with Gasteiger partial charge in [-0.2, -0.15) is 0 Å². The number of hydrogen-bond donors (Lipinski definition) is 2. The molecule has 0 radical (unpaired) electrons. The predicted octanol–water partition coefficient (Wildman–Crippen LogP) is 1.96. The molecule has 0 saturated heterocycles. The fourth-order valence-corrected chi connectivity index (χ4v) is 3.36. The first kappa shape index (κ1) is 16.1. The molecule has 0 aromatic carbocycles. The Morgan fingerprint density at radius 1 is 1.37 bits per heavy atom. The quantitative estimate of drug-likeness (QED) is 0.843. The van der Waals surface area contributed by atoms with Crippen LogP contribution in [0.2, 0.25) is 0 Å². The van der Waals surface area contributed by atoms with Gasteiger partial charge in [-0.3, -0.25) is 4.79 Å². The van der Waals surface area contributed by atoms with Crippen molar-refractivity contribution in [3.05, 3.63) is 16.3 Å². The molecule has 0 saturated carbocycles. The molecule has 0 aliphatic carbocycles. The van der Waals surface area contributed by atoms with Crippen molar-refractivity contribution in [2.24, 2.45) is 0 Å². The van der Waals surface area contributed by atoms with Gasteiger partial charge in [-0.25, -0.2) is 13.1 Å². The first-order valence-corrected chi connectivity index (χ1v) is 8.49. The summed E-state index contributed by atoms with van der Waals surface area (Å²) >= 11 is 1.13. The van der Waals surface area contributed by atoms with E-state index in [1.165, 1.54) is 18.5 Å². The molecule has 1 aromatic rings. The predicted molar refractivity (Wildman–Crippen MR) is 77.0 cm³/mol. The van der Waals surface area contributed by atoms with Crippen molar-refractivity contribution < 1.29 is 13.2 Å². The molecule has 7 heteroatoms. The van der Waals surface area contributed by atoms with E-state index in [0.717, 1.165) is 24.2 Å². The Morgan fingerprint density at radius 2 is 1.95 bits per heavy atom. The molecular formula is C12H20N2O3S2. The van der Waals surface area contributed by atoms with Crippen LogP contribution in [-0.4, -0.2) is 26.9 Å². The largest absolute Gasteiger partial charge is 0.346 e. The van der Waals surface area contributed by atoms with Crippen LogP contribution < -0.4 is 10.0 Å². The van der Waals surface area contributed by atoms with Crippen molar-refractivity contribution in [1.82, 2.24) is 10.0 Å². The first-order chi connectivity index (χ1) is 8.78. The third-order valence-corrected chi connectivity index (χ3v) is 5.83. The fourth-order valence-electron chi connectivity index (χ4n) is 1.46. The molecule has 0 unspecified atom stereocenters. The molecule has 5 nitrogen and oxygen atoms in total. The SMILES string of the molecule is CCC(C)(CC)NC(=O)c1cc(S(=O)(=O)NC)cs1. The highest BCUT2D eigenvalue weighted by Crippen LogP contribution is 2.21. The van der Waals surface area contributed by atoms with Crippen LogP contribution in [0.25, 0.3) is 0 Å². The van der Waals surface area contributed by atoms with Crippen LogP contribution in [0.5, 0.6) is 0 Å². The topological polar surface area (TPSA) is 75.3 Å². The van der Waals surface area contributed by atoms with E-state index in [1.54, 1.807) is 0 Å². The molecule has 1 heterocycles. The minimum atomic E-state index is -3.49. The Morgan fingerprint density at radius 3 is 2.42 bits per heavy atom. The zero-order valence-electron chi connectivity index (χ0n) is 11.6. The summed E-state index contributed by atoms with van der Waals surface area (Å²) in [4.78, 5) is 12.6. The van der Waals surface area contributed by atoms with E-state index in [4.69, 9.17) is 0 Å². The lowest BCUT2D eigenvalue weighted by atomic mass is 9.95. The number of hydrogen-bond acceptors (Lipinski definition) is 4. The molecule has 0 bridgehead atoms. The van der Waals surface area contributed by atoms with Crippen molar-refractivity contribution >= 4 is 27.3 Å². The van der Waals surface area contributed by atoms with Crippen LogP contribution in [0.15, 0.2) is 16.3 Å². The van der Waals surface area contributed by atoms with Crippen molar-refractivity contribution in [3.63, 3.8) is 0 Å². The van der Waals surface area contributed by atoms with Crippen LogP contribution in [0.4, 0.5) is 0 Å². The van der Waals surface area contributed by atoms with Gasteiger partial charge in [0.25, 0.3) is 5.91 Å². The van der Waals surface area contributed by atoms with Gasteiger partial charge in [-0.15, -0.1) is 11.3 Å². The second-order valence-electron chi connectivity index (χ2n) is 4.58. The Labute approximate surface area is 118 Å². The number of nitrogens with one attached hydrogen (secondary N) is 2. The summed E-state index contributed by atoms with van der Waals surface area (Å²) in [6.45, 7) is 5.99. The Bertz CT molecular complexity index is 545. The van der Waals surface area contributed by atoms with Crippen LogP contribution in [0.1, 0.15) is 43.3 Å². The summed E-state index contributed by atoms with van der Waals surface area (Å²) in [5, 5.41) is 4.42. The zero-order chi connectivity index (χ0) is 14.7. The normalized spacial score (nSPS) is 12.4. The summed E-state index contributed by atoms with van der Waals surface area (Å²) < 4.78 is 25.4. The molecule has 0 aliphatic heterocycles. The average Bonchev–Trinajstić information content (AvgIpc) is 2.89. The van der Waals surface area contributed by atoms with E-state index >= 15 is 0 Å². The molecular weight excluding hydrogens is 284 g/mol. The van der Waals surface area contributed by atoms with E-state index in [9.17, 15) is 13.2 Å². The maximum atomic E-state index is 12.1. The smallest absolute Gasteiger partial charge is 0.261 e. The van der Waals surface area contributed by atoms with Gasteiger partial charge in [-0.05, 0) is 32.9 Å². The summed E-state index contributed by atoms with van der Waals surface area (Å²) in [6, 6.07) is 1.40. The minimum absolute atomic E-state index is 0.125. The van der Waals surface area contributed by atoms with Crippen molar-refractivity contribution in [3.8, 4) is 0 Å². The number of rotatable bonds is 6. The van der Waals surface area contributed by atoms with E-state index < -0.39 is 10.0 Å².